The van der Waals surface area contributed by atoms with Crippen molar-refractivity contribution in [3.8, 4) is 11.1 Å². The Morgan fingerprint density at radius 1 is 1.06 bits per heavy atom. The van der Waals surface area contributed by atoms with E-state index in [1.165, 1.54) is 12.1 Å². The lowest BCUT2D eigenvalue weighted by molar-refractivity contribution is 0.102. The number of pyridine rings is 1. The van der Waals surface area contributed by atoms with Crippen molar-refractivity contribution in [2.24, 2.45) is 0 Å². The number of aromatic nitrogens is 3. The Balaban J connectivity index is 1.47. The molecule has 0 atom stereocenters. The summed E-state index contributed by atoms with van der Waals surface area (Å²) in [5.74, 6) is -0.976. The van der Waals surface area contributed by atoms with Crippen LogP contribution in [0, 0.1) is 5.82 Å². The summed E-state index contributed by atoms with van der Waals surface area (Å²) in [6.45, 7) is 3.05. The molecule has 0 bridgehead atoms. The smallest absolute Gasteiger partial charge is 0.276 e. The number of fused-ring (bicyclic) bond motifs is 1. The zero-order valence-corrected chi connectivity index (χ0v) is 16.6. The number of hydrogen-bond acceptors (Lipinski definition) is 5. The van der Waals surface area contributed by atoms with Gasteiger partial charge in [-0.2, -0.15) is 5.10 Å². The van der Waals surface area contributed by atoms with Crippen LogP contribution < -0.4 is 10.2 Å². The molecular weight excluding hydrogens is 397 g/mol. The molecule has 0 aliphatic carbocycles. The van der Waals surface area contributed by atoms with Crippen LogP contribution in [0.2, 0.25) is 0 Å². The van der Waals surface area contributed by atoms with Crippen LogP contribution in [0.15, 0.2) is 60.9 Å². The fourth-order valence-corrected chi connectivity index (χ4v) is 3.69. The Bertz CT molecular complexity index is 1250. The SMILES string of the molecule is O=C(Nc1ccccc1F)c1n[nH]c2ccc(-c3cncc(N4CCOCC4)c3)cc12. The lowest BCUT2D eigenvalue weighted by atomic mass is 10.0. The second kappa shape index (κ2) is 8.16. The van der Waals surface area contributed by atoms with E-state index >= 15 is 0 Å². The van der Waals surface area contributed by atoms with Crippen molar-refractivity contribution >= 4 is 28.2 Å². The molecule has 1 aliphatic heterocycles. The van der Waals surface area contributed by atoms with Gasteiger partial charge >= 0.3 is 0 Å². The molecule has 0 saturated carbocycles. The van der Waals surface area contributed by atoms with Gasteiger partial charge in [-0.05, 0) is 35.9 Å². The van der Waals surface area contributed by atoms with E-state index in [1.807, 2.05) is 24.4 Å². The van der Waals surface area contributed by atoms with Crippen LogP contribution in [0.4, 0.5) is 15.8 Å². The van der Waals surface area contributed by atoms with Crippen molar-refractivity contribution in [2.75, 3.05) is 36.5 Å². The van der Waals surface area contributed by atoms with E-state index in [4.69, 9.17) is 4.74 Å². The van der Waals surface area contributed by atoms with E-state index < -0.39 is 11.7 Å². The number of benzene rings is 2. The third-order valence-electron chi connectivity index (χ3n) is 5.33. The molecule has 0 spiro atoms. The van der Waals surface area contributed by atoms with Crippen LogP contribution in [0.3, 0.4) is 0 Å². The van der Waals surface area contributed by atoms with E-state index in [0.717, 1.165) is 35.4 Å². The van der Waals surface area contributed by atoms with Crippen molar-refractivity contribution in [3.05, 3.63) is 72.4 Å². The predicted octanol–water partition coefficient (Wildman–Crippen LogP) is 3.85. The first-order valence-electron chi connectivity index (χ1n) is 10.0. The number of nitrogens with zero attached hydrogens (tertiary/aromatic N) is 3. The summed E-state index contributed by atoms with van der Waals surface area (Å²) in [6.07, 6.45) is 3.64. The zero-order valence-electron chi connectivity index (χ0n) is 16.6. The molecule has 7 nitrogen and oxygen atoms in total. The van der Waals surface area contributed by atoms with Crippen LogP contribution in [-0.2, 0) is 4.74 Å². The molecule has 1 aliphatic rings. The highest BCUT2D eigenvalue weighted by Gasteiger charge is 2.17. The number of rotatable bonds is 4. The van der Waals surface area contributed by atoms with Gasteiger partial charge in [0.2, 0.25) is 0 Å². The van der Waals surface area contributed by atoms with Gasteiger partial charge in [-0.3, -0.25) is 14.9 Å². The normalized spacial score (nSPS) is 14.0. The van der Waals surface area contributed by atoms with Crippen molar-refractivity contribution in [2.45, 2.75) is 0 Å². The molecule has 8 heteroatoms. The number of hydrogen-bond donors (Lipinski definition) is 2. The number of para-hydroxylation sites is 1. The fourth-order valence-electron chi connectivity index (χ4n) is 3.69. The number of anilines is 2. The summed E-state index contributed by atoms with van der Waals surface area (Å²) in [7, 11) is 0. The van der Waals surface area contributed by atoms with Crippen LogP contribution in [-0.4, -0.2) is 47.4 Å². The van der Waals surface area contributed by atoms with Crippen molar-refractivity contribution < 1.29 is 13.9 Å². The highest BCUT2D eigenvalue weighted by molar-refractivity contribution is 6.11. The van der Waals surface area contributed by atoms with Gasteiger partial charge in [-0.25, -0.2) is 4.39 Å². The molecule has 2 aromatic heterocycles. The molecule has 1 saturated heterocycles. The van der Waals surface area contributed by atoms with Crippen LogP contribution in [0.5, 0.6) is 0 Å². The fraction of sp³-hybridized carbons (Fsp3) is 0.174. The van der Waals surface area contributed by atoms with Gasteiger partial charge in [0.15, 0.2) is 5.69 Å². The molecule has 0 radical (unpaired) electrons. The number of aromatic amines is 1. The number of amides is 1. The van der Waals surface area contributed by atoms with E-state index in [1.54, 1.807) is 18.3 Å². The number of carbonyl (C=O) groups is 1. The lowest BCUT2D eigenvalue weighted by Gasteiger charge is -2.28. The Labute approximate surface area is 177 Å². The maximum Gasteiger partial charge on any atom is 0.276 e. The van der Waals surface area contributed by atoms with Crippen molar-refractivity contribution in [3.63, 3.8) is 0 Å². The number of halogens is 1. The van der Waals surface area contributed by atoms with Crippen molar-refractivity contribution in [1.82, 2.24) is 15.2 Å². The summed E-state index contributed by atoms with van der Waals surface area (Å²) in [6, 6.07) is 13.8. The van der Waals surface area contributed by atoms with E-state index in [0.29, 0.717) is 18.6 Å². The van der Waals surface area contributed by atoms with Crippen LogP contribution in [0.25, 0.3) is 22.0 Å². The van der Waals surface area contributed by atoms with Gasteiger partial charge in [-0.15, -0.1) is 0 Å². The second-order valence-electron chi connectivity index (χ2n) is 7.30. The lowest BCUT2D eigenvalue weighted by Crippen LogP contribution is -2.36. The third-order valence-corrected chi connectivity index (χ3v) is 5.33. The first-order chi connectivity index (χ1) is 15.2. The summed E-state index contributed by atoms with van der Waals surface area (Å²) >= 11 is 0. The monoisotopic (exact) mass is 417 g/mol. The van der Waals surface area contributed by atoms with E-state index in [9.17, 15) is 9.18 Å². The molecule has 2 N–H and O–H groups in total. The summed E-state index contributed by atoms with van der Waals surface area (Å²) < 4.78 is 19.3. The zero-order chi connectivity index (χ0) is 21.2. The van der Waals surface area contributed by atoms with Crippen LogP contribution >= 0.6 is 0 Å². The average molecular weight is 417 g/mol. The average Bonchev–Trinajstić information content (AvgIpc) is 3.25. The minimum Gasteiger partial charge on any atom is -0.378 e. The molecule has 5 rings (SSSR count). The quantitative estimate of drug-likeness (QED) is 0.527. The first-order valence-corrected chi connectivity index (χ1v) is 10.0. The molecule has 0 unspecified atom stereocenters. The van der Waals surface area contributed by atoms with Gasteiger partial charge < -0.3 is 15.0 Å². The summed E-state index contributed by atoms with van der Waals surface area (Å²) in [4.78, 5) is 19.4. The minimum atomic E-state index is -0.498. The molecule has 31 heavy (non-hydrogen) atoms. The van der Waals surface area contributed by atoms with Gasteiger partial charge in [0.25, 0.3) is 5.91 Å². The number of morpholine rings is 1. The highest BCUT2D eigenvalue weighted by Crippen LogP contribution is 2.28. The third kappa shape index (κ3) is 3.85. The predicted molar refractivity (Wildman–Crippen MR) is 117 cm³/mol. The number of H-pyrrole nitrogens is 1. The molecule has 4 aromatic rings. The summed E-state index contributed by atoms with van der Waals surface area (Å²) in [5.41, 5.74) is 3.92. The Hall–Kier alpha value is -3.78. The van der Waals surface area contributed by atoms with E-state index in [-0.39, 0.29) is 11.4 Å². The van der Waals surface area contributed by atoms with E-state index in [2.05, 4.69) is 31.5 Å². The molecule has 1 amide bonds. The number of carbonyl (C=O) groups excluding carboxylic acids is 1. The maximum atomic E-state index is 13.9. The van der Waals surface area contributed by atoms with Gasteiger partial charge in [-0.1, -0.05) is 18.2 Å². The standard InChI is InChI=1S/C23H20FN5O2/c24-19-3-1-2-4-21(19)26-23(30)22-18-12-15(5-6-20(18)27-28-22)16-11-17(14-25-13-16)29-7-9-31-10-8-29/h1-6,11-14H,7-10H2,(H,26,30)(H,27,28). The number of ether oxygens (including phenoxy) is 1. The second-order valence-corrected chi connectivity index (χ2v) is 7.30. The minimum absolute atomic E-state index is 0.113. The van der Waals surface area contributed by atoms with Gasteiger partial charge in [0, 0.05) is 30.2 Å². The largest absolute Gasteiger partial charge is 0.378 e. The summed E-state index contributed by atoms with van der Waals surface area (Å²) in [5, 5.41) is 10.3. The molecule has 3 heterocycles. The van der Waals surface area contributed by atoms with Gasteiger partial charge in [0.05, 0.1) is 36.3 Å². The molecule has 2 aromatic carbocycles. The maximum absolute atomic E-state index is 13.9. The first kappa shape index (κ1) is 19.2. The molecular formula is C23H20FN5O2. The molecule has 156 valence electrons. The van der Waals surface area contributed by atoms with Crippen LogP contribution in [0.1, 0.15) is 10.5 Å². The Kier molecular flexibility index (Phi) is 5.05. The Morgan fingerprint density at radius 3 is 2.74 bits per heavy atom. The molecule has 1 fully saturated rings. The highest BCUT2D eigenvalue weighted by atomic mass is 19.1. The topological polar surface area (TPSA) is 83.1 Å². The van der Waals surface area contributed by atoms with Gasteiger partial charge in [0.1, 0.15) is 5.82 Å². The Morgan fingerprint density at radius 2 is 1.90 bits per heavy atom. The van der Waals surface area contributed by atoms with Crippen molar-refractivity contribution in [1.29, 1.82) is 0 Å². The number of nitrogens with one attached hydrogen (secondary N) is 2.